The molecule has 0 spiro atoms. The first-order chi connectivity index (χ1) is 15.8. The van der Waals surface area contributed by atoms with Gasteiger partial charge in [0.15, 0.2) is 17.2 Å². The second-order valence-corrected chi connectivity index (χ2v) is 8.49. The Morgan fingerprint density at radius 3 is 1.85 bits per heavy atom. The van der Waals surface area contributed by atoms with E-state index in [0.29, 0.717) is 11.2 Å². The first-order valence-electron chi connectivity index (χ1n) is 9.94. The van der Waals surface area contributed by atoms with Gasteiger partial charge >= 0.3 is 0 Å². The quantitative estimate of drug-likeness (QED) is 0.123. The molecule has 0 saturated carbocycles. The highest BCUT2D eigenvalue weighted by atomic mass is 79.9. The predicted molar refractivity (Wildman–Crippen MR) is 132 cm³/mol. The number of benzene rings is 4. The lowest BCUT2D eigenvalue weighted by molar-refractivity contribution is 0.350. The Morgan fingerprint density at radius 1 is 0.606 bits per heavy atom. The fourth-order valence-corrected chi connectivity index (χ4v) is 4.66. The van der Waals surface area contributed by atoms with E-state index in [2.05, 4.69) is 15.9 Å². The SMILES string of the molecule is Bc1c(Br)c(O)c2c(c1O)c1c(O)c(O)c(O)c(O)c1n2-c1ccccc1-c1ccccc1. The number of aromatic nitrogens is 1. The number of phenols is 6. The van der Waals surface area contributed by atoms with Gasteiger partial charge in [0.2, 0.25) is 11.5 Å². The van der Waals surface area contributed by atoms with Gasteiger partial charge in [-0.15, -0.1) is 0 Å². The molecule has 6 N–H and O–H groups in total. The highest BCUT2D eigenvalue weighted by Crippen LogP contribution is 2.55. The van der Waals surface area contributed by atoms with Gasteiger partial charge < -0.3 is 35.2 Å². The van der Waals surface area contributed by atoms with Crippen molar-refractivity contribution in [2.24, 2.45) is 0 Å². The van der Waals surface area contributed by atoms with E-state index in [9.17, 15) is 30.6 Å². The van der Waals surface area contributed by atoms with Crippen LogP contribution in [0.3, 0.4) is 0 Å². The van der Waals surface area contributed by atoms with Gasteiger partial charge in [-0.25, -0.2) is 0 Å². The van der Waals surface area contributed by atoms with Crippen molar-refractivity contribution in [3.8, 4) is 51.3 Å². The molecule has 0 atom stereocenters. The standard InChI is InChI=1S/C24H17BBrNO6/c25-15-16(26)21(30)17-13(19(15)28)14-18(22(31)24(33)23(32)20(14)29)27(17)12-9-5-4-8-11(12)10-6-2-1-3-7-10/h1-9,28-33H,25H2. The number of halogens is 1. The smallest absolute Gasteiger partial charge is 0.206 e. The van der Waals surface area contributed by atoms with Crippen molar-refractivity contribution >= 4 is 51.0 Å². The molecule has 0 saturated heterocycles. The monoisotopic (exact) mass is 505 g/mol. The topological polar surface area (TPSA) is 126 Å². The minimum atomic E-state index is -0.935. The van der Waals surface area contributed by atoms with Gasteiger partial charge in [0.25, 0.3) is 0 Å². The van der Waals surface area contributed by atoms with E-state index >= 15 is 0 Å². The molecule has 0 unspecified atom stereocenters. The lowest BCUT2D eigenvalue weighted by Gasteiger charge is -2.16. The predicted octanol–water partition coefficient (Wildman–Crippen LogP) is 3.71. The summed E-state index contributed by atoms with van der Waals surface area (Å²) in [5.41, 5.74) is 2.32. The van der Waals surface area contributed by atoms with Gasteiger partial charge in [-0.1, -0.05) is 48.5 Å². The summed E-state index contributed by atoms with van der Waals surface area (Å²) in [4.78, 5) is 0. The number of hydrogen-bond acceptors (Lipinski definition) is 6. The van der Waals surface area contributed by atoms with Gasteiger partial charge in [0.05, 0.1) is 20.9 Å². The molecule has 0 amide bonds. The first kappa shape index (κ1) is 20.9. The number of aromatic hydroxyl groups is 6. The van der Waals surface area contributed by atoms with Crippen LogP contribution in [0.5, 0.6) is 34.5 Å². The molecule has 5 rings (SSSR count). The highest BCUT2D eigenvalue weighted by molar-refractivity contribution is 9.10. The minimum Gasteiger partial charge on any atom is -0.508 e. The largest absolute Gasteiger partial charge is 0.508 e. The van der Waals surface area contributed by atoms with Crippen molar-refractivity contribution < 1.29 is 30.6 Å². The van der Waals surface area contributed by atoms with Crippen molar-refractivity contribution in [3.63, 3.8) is 0 Å². The van der Waals surface area contributed by atoms with Crippen molar-refractivity contribution in [1.82, 2.24) is 4.57 Å². The van der Waals surface area contributed by atoms with Gasteiger partial charge in [-0.3, -0.25) is 0 Å². The maximum Gasteiger partial charge on any atom is 0.206 e. The number of para-hydroxylation sites is 1. The molecule has 9 heteroatoms. The van der Waals surface area contributed by atoms with E-state index in [1.54, 1.807) is 20.0 Å². The molecule has 0 fully saturated rings. The summed E-state index contributed by atoms with van der Waals surface area (Å²) in [6.07, 6.45) is 0. The maximum atomic E-state index is 11.1. The van der Waals surface area contributed by atoms with E-state index in [4.69, 9.17) is 0 Å². The fourth-order valence-electron chi connectivity index (χ4n) is 4.28. The van der Waals surface area contributed by atoms with Crippen molar-refractivity contribution in [3.05, 3.63) is 59.1 Å². The van der Waals surface area contributed by atoms with Crippen molar-refractivity contribution in [1.29, 1.82) is 0 Å². The average Bonchev–Trinajstić information content (AvgIpc) is 3.20. The summed E-state index contributed by atoms with van der Waals surface area (Å²) < 4.78 is 1.67. The minimum absolute atomic E-state index is 0.00849. The number of phenolic OH excluding ortho intramolecular Hbond substituents is 6. The first-order valence-corrected chi connectivity index (χ1v) is 10.7. The second-order valence-electron chi connectivity index (χ2n) is 7.70. The molecule has 1 aromatic heterocycles. The lowest BCUT2D eigenvalue weighted by atomic mass is 9.92. The molecule has 164 valence electrons. The molecule has 0 aliphatic carbocycles. The van der Waals surface area contributed by atoms with Crippen LogP contribution < -0.4 is 5.46 Å². The van der Waals surface area contributed by atoms with E-state index in [0.717, 1.165) is 11.1 Å². The highest BCUT2D eigenvalue weighted by Gasteiger charge is 2.31. The zero-order valence-corrected chi connectivity index (χ0v) is 18.8. The van der Waals surface area contributed by atoms with Crippen LogP contribution in [0.25, 0.3) is 38.6 Å². The van der Waals surface area contributed by atoms with E-state index in [-0.39, 0.29) is 37.8 Å². The number of hydrogen-bond donors (Lipinski definition) is 6. The summed E-state index contributed by atoms with van der Waals surface area (Å²) >= 11 is 3.30. The van der Waals surface area contributed by atoms with Crippen LogP contribution >= 0.6 is 15.9 Å². The van der Waals surface area contributed by atoms with E-state index in [1.807, 2.05) is 42.5 Å². The van der Waals surface area contributed by atoms with Crippen LogP contribution in [0.2, 0.25) is 0 Å². The van der Waals surface area contributed by atoms with E-state index < -0.39 is 23.0 Å². The van der Waals surface area contributed by atoms with Crippen molar-refractivity contribution in [2.45, 2.75) is 0 Å². The summed E-state index contributed by atoms with van der Waals surface area (Å²) in [6.45, 7) is 0. The summed E-state index contributed by atoms with van der Waals surface area (Å²) in [5.74, 6) is -3.83. The zero-order valence-electron chi connectivity index (χ0n) is 17.2. The number of nitrogens with zero attached hydrogens (tertiary/aromatic N) is 1. The summed E-state index contributed by atoms with van der Waals surface area (Å²) in [5, 5.41) is 64.1. The fraction of sp³-hybridized carbons (Fsp3) is 0. The van der Waals surface area contributed by atoms with E-state index in [1.165, 1.54) is 4.57 Å². The third kappa shape index (κ3) is 2.75. The Hall–Kier alpha value is -3.98. The molecule has 0 aliphatic heterocycles. The third-order valence-electron chi connectivity index (χ3n) is 5.89. The molecule has 7 nitrogen and oxygen atoms in total. The van der Waals surface area contributed by atoms with Gasteiger partial charge in [-0.05, 0) is 33.0 Å². The molecule has 4 aromatic carbocycles. The summed E-state index contributed by atoms with van der Waals surface area (Å²) in [6, 6.07) is 16.6. The van der Waals surface area contributed by atoms with Gasteiger partial charge in [-0.2, -0.15) is 0 Å². The Morgan fingerprint density at radius 2 is 1.15 bits per heavy atom. The zero-order chi connectivity index (χ0) is 23.6. The Bertz CT molecular complexity index is 1520. The van der Waals surface area contributed by atoms with Gasteiger partial charge in [0.1, 0.15) is 24.6 Å². The Kier molecular flexibility index (Phi) is 4.61. The molecule has 0 radical (unpaired) electrons. The molecule has 0 bridgehead atoms. The van der Waals surface area contributed by atoms with Crippen LogP contribution in [-0.2, 0) is 0 Å². The van der Waals surface area contributed by atoms with Crippen LogP contribution in [0, 0.1) is 0 Å². The maximum absolute atomic E-state index is 11.1. The Labute approximate surface area is 196 Å². The second kappa shape index (κ2) is 7.28. The third-order valence-corrected chi connectivity index (χ3v) is 6.86. The lowest BCUT2D eigenvalue weighted by Crippen LogP contribution is -2.07. The van der Waals surface area contributed by atoms with Crippen LogP contribution in [0.15, 0.2) is 59.1 Å². The Balaban J connectivity index is 2.11. The van der Waals surface area contributed by atoms with Crippen molar-refractivity contribution in [2.75, 3.05) is 0 Å². The molecular formula is C24H17BBrNO6. The van der Waals surface area contributed by atoms with Crippen LogP contribution in [-0.4, -0.2) is 43.1 Å². The van der Waals surface area contributed by atoms with Crippen LogP contribution in [0.1, 0.15) is 0 Å². The van der Waals surface area contributed by atoms with Gasteiger partial charge in [0, 0.05) is 5.56 Å². The normalized spacial score (nSPS) is 11.4. The summed E-state index contributed by atoms with van der Waals surface area (Å²) in [7, 11) is 1.57. The number of fused-ring (bicyclic) bond motifs is 3. The molecule has 5 aromatic rings. The molecule has 0 aliphatic rings. The molecular weight excluding hydrogens is 489 g/mol. The molecule has 1 heterocycles. The molecule has 33 heavy (non-hydrogen) atoms. The average molecular weight is 506 g/mol. The number of rotatable bonds is 2. The van der Waals surface area contributed by atoms with Crippen LogP contribution in [0.4, 0.5) is 0 Å².